The van der Waals surface area contributed by atoms with Crippen molar-refractivity contribution in [2.45, 2.75) is 24.4 Å². The summed E-state index contributed by atoms with van der Waals surface area (Å²) < 4.78 is 43.5. The highest BCUT2D eigenvalue weighted by Gasteiger charge is 2.52. The Balaban J connectivity index is 2.36. The lowest BCUT2D eigenvalue weighted by Crippen LogP contribution is -2.26. The molecule has 0 N–H and O–H groups in total. The third kappa shape index (κ3) is 1.39. The third-order valence-corrected chi connectivity index (χ3v) is 5.35. The zero-order chi connectivity index (χ0) is 9.85. The van der Waals surface area contributed by atoms with E-state index in [1.54, 1.807) is 0 Å². The summed E-state index contributed by atoms with van der Waals surface area (Å²) in [6, 6.07) is 0. The number of fused-ring (bicyclic) bond motifs is 1. The van der Waals surface area contributed by atoms with Crippen molar-refractivity contribution in [2.75, 3.05) is 5.75 Å². The molecule has 0 bridgehead atoms. The Labute approximate surface area is 77.4 Å². The van der Waals surface area contributed by atoms with Crippen molar-refractivity contribution in [3.05, 3.63) is 0 Å². The average Bonchev–Trinajstić information content (AvgIpc) is 2.30. The fourth-order valence-electron chi connectivity index (χ4n) is 1.54. The molecule has 13 heavy (non-hydrogen) atoms. The largest absolute Gasteiger partial charge is 0.290 e. The van der Waals surface area contributed by atoms with Gasteiger partial charge in [-0.1, -0.05) is 0 Å². The van der Waals surface area contributed by atoms with Crippen LogP contribution in [0.2, 0.25) is 0 Å². The Morgan fingerprint density at radius 2 is 1.92 bits per heavy atom. The van der Waals surface area contributed by atoms with Crippen LogP contribution in [0.25, 0.3) is 0 Å². The van der Waals surface area contributed by atoms with Crippen molar-refractivity contribution < 1.29 is 21.0 Å². The van der Waals surface area contributed by atoms with Gasteiger partial charge in [0, 0.05) is 0 Å². The molecule has 2 aliphatic rings. The molecule has 0 saturated carbocycles. The molecular weight excluding hydrogens is 216 g/mol. The van der Waals surface area contributed by atoms with Crippen LogP contribution in [0.5, 0.6) is 0 Å². The Hall–Kier alpha value is -0.110. The molecule has 2 aliphatic heterocycles. The van der Waals surface area contributed by atoms with E-state index in [1.807, 2.05) is 0 Å². The minimum absolute atomic E-state index is 0.0707. The van der Waals surface area contributed by atoms with Gasteiger partial charge in [-0.3, -0.25) is 8.37 Å². The van der Waals surface area contributed by atoms with Crippen LogP contribution in [0.1, 0.15) is 6.92 Å². The zero-order valence-electron chi connectivity index (χ0n) is 7.00. The van der Waals surface area contributed by atoms with E-state index in [0.717, 1.165) is 0 Å². The summed E-state index contributed by atoms with van der Waals surface area (Å²) in [7, 11) is -6.09. The minimum Gasteiger partial charge on any atom is -0.290 e. The number of rotatable bonds is 0. The maximum Gasteiger partial charge on any atom is 0.273 e. The quantitative estimate of drug-likeness (QED) is 0.397. The second kappa shape index (κ2) is 2.47. The van der Waals surface area contributed by atoms with Gasteiger partial charge in [-0.05, 0) is 12.8 Å². The molecule has 7 heteroatoms. The first kappa shape index (κ1) is 9.45. The molecule has 0 aromatic heterocycles. The van der Waals surface area contributed by atoms with Crippen molar-refractivity contribution in [1.29, 1.82) is 0 Å². The highest BCUT2D eigenvalue weighted by Crippen LogP contribution is 2.33. The van der Waals surface area contributed by atoms with E-state index in [1.165, 1.54) is 6.92 Å². The van der Waals surface area contributed by atoms with E-state index in [0.29, 0.717) is 0 Å². The molecule has 2 unspecified atom stereocenters. The van der Waals surface area contributed by atoms with Crippen molar-refractivity contribution in [3.63, 3.8) is 0 Å². The Morgan fingerprint density at radius 1 is 1.31 bits per heavy atom. The molecule has 0 spiro atoms. The molecule has 76 valence electrons. The fraction of sp³-hybridized carbons (Fsp3) is 0.833. The average molecular weight is 226 g/mol. The summed E-state index contributed by atoms with van der Waals surface area (Å²) in [5.41, 5.74) is 0. The highest BCUT2D eigenvalue weighted by atomic mass is 32.2. The lowest BCUT2D eigenvalue weighted by Gasteiger charge is -2.07. The molecule has 5 nitrogen and oxygen atoms in total. The summed E-state index contributed by atoms with van der Waals surface area (Å²) in [5.74, 6) is 3.44. The molecule has 0 aliphatic carbocycles. The molecule has 0 aromatic carbocycles. The van der Waals surface area contributed by atoms with E-state index in [9.17, 15) is 12.6 Å². The summed E-state index contributed by atoms with van der Waals surface area (Å²) >= 11 is 0. The normalized spacial score (nSPS) is 53.5. The Bertz CT molecular complexity index is 420. The monoisotopic (exact) mass is 226 g/mol. The summed E-state index contributed by atoms with van der Waals surface area (Å²) in [4.78, 5) is 0. The summed E-state index contributed by atoms with van der Waals surface area (Å²) in [5, 5.41) is -0.748. The highest BCUT2D eigenvalue weighted by molar-refractivity contribution is 7.96. The van der Waals surface area contributed by atoms with Crippen LogP contribution in [-0.2, 0) is 28.3 Å². The van der Waals surface area contributed by atoms with Gasteiger partial charge in [-0.15, -0.1) is 0 Å². The fourth-order valence-corrected chi connectivity index (χ4v) is 4.48. The van der Waals surface area contributed by atoms with E-state index < -0.39 is 37.4 Å². The SMILES string of the molecule is C=S1(=O)C[C@H]2OS(=O)(=O)C(C)[C@H]2O1. The van der Waals surface area contributed by atoms with Crippen LogP contribution in [0.3, 0.4) is 0 Å². The minimum atomic E-state index is -3.51. The molecule has 4 atom stereocenters. The number of hydrogen-bond donors (Lipinski definition) is 0. The van der Waals surface area contributed by atoms with Gasteiger partial charge < -0.3 is 0 Å². The standard InChI is InChI=1S/C6H10O5S2/c1-4-6-5(10-13(4,8)9)3-12(2,7)11-6/h4-6H,2-3H2,1H3/t4?,5-,6-,12?/m1/s1. The van der Waals surface area contributed by atoms with Crippen LogP contribution in [-0.4, -0.2) is 41.7 Å². The second-order valence-electron chi connectivity index (χ2n) is 3.30. The van der Waals surface area contributed by atoms with E-state index in [4.69, 9.17) is 8.37 Å². The molecule has 2 heterocycles. The molecular formula is C6H10O5S2. The Morgan fingerprint density at radius 3 is 2.46 bits per heavy atom. The van der Waals surface area contributed by atoms with Gasteiger partial charge in [-0.2, -0.15) is 8.42 Å². The first-order chi connectivity index (χ1) is 5.82. The first-order valence-electron chi connectivity index (χ1n) is 3.77. The van der Waals surface area contributed by atoms with Crippen LogP contribution < -0.4 is 0 Å². The van der Waals surface area contributed by atoms with Crippen molar-refractivity contribution in [3.8, 4) is 0 Å². The maximum atomic E-state index is 11.3. The smallest absolute Gasteiger partial charge is 0.273 e. The molecule has 0 radical (unpaired) electrons. The van der Waals surface area contributed by atoms with E-state index >= 15 is 0 Å². The molecule has 0 aromatic rings. The lowest BCUT2D eigenvalue weighted by molar-refractivity contribution is 0.148. The van der Waals surface area contributed by atoms with Gasteiger partial charge in [0.1, 0.15) is 17.5 Å². The van der Waals surface area contributed by atoms with E-state index in [-0.39, 0.29) is 5.75 Å². The van der Waals surface area contributed by atoms with Gasteiger partial charge in [0.15, 0.2) is 0 Å². The van der Waals surface area contributed by atoms with Gasteiger partial charge in [0.05, 0.1) is 15.6 Å². The van der Waals surface area contributed by atoms with Gasteiger partial charge >= 0.3 is 0 Å². The predicted molar refractivity (Wildman–Crippen MR) is 48.3 cm³/mol. The van der Waals surface area contributed by atoms with Crippen LogP contribution in [0.15, 0.2) is 0 Å². The molecule has 2 rings (SSSR count). The van der Waals surface area contributed by atoms with Crippen LogP contribution in [0, 0.1) is 0 Å². The molecule has 0 amide bonds. The van der Waals surface area contributed by atoms with Gasteiger partial charge in [-0.25, -0.2) is 4.21 Å². The molecule has 2 fully saturated rings. The van der Waals surface area contributed by atoms with Gasteiger partial charge in [0.2, 0.25) is 0 Å². The van der Waals surface area contributed by atoms with E-state index in [2.05, 4.69) is 5.87 Å². The van der Waals surface area contributed by atoms with Crippen LogP contribution >= 0.6 is 0 Å². The summed E-state index contributed by atoms with van der Waals surface area (Å²) in [6.45, 7) is 1.49. The second-order valence-corrected chi connectivity index (χ2v) is 7.24. The molecule has 2 saturated heterocycles. The summed E-state index contributed by atoms with van der Waals surface area (Å²) in [6.07, 6.45) is -1.22. The van der Waals surface area contributed by atoms with Crippen molar-refractivity contribution in [1.82, 2.24) is 0 Å². The third-order valence-electron chi connectivity index (χ3n) is 2.25. The first-order valence-corrected chi connectivity index (χ1v) is 7.06. The maximum absolute atomic E-state index is 11.3. The van der Waals surface area contributed by atoms with Crippen molar-refractivity contribution in [2.24, 2.45) is 0 Å². The lowest BCUT2D eigenvalue weighted by atomic mass is 10.2. The number of hydrogen-bond acceptors (Lipinski definition) is 5. The topological polar surface area (TPSA) is 69.7 Å². The predicted octanol–water partition coefficient (Wildman–Crippen LogP) is -0.866. The Kier molecular flexibility index (Phi) is 1.80. The van der Waals surface area contributed by atoms with Crippen LogP contribution in [0.4, 0.5) is 0 Å². The van der Waals surface area contributed by atoms with Gasteiger partial charge in [0.25, 0.3) is 10.1 Å². The van der Waals surface area contributed by atoms with Crippen molar-refractivity contribution >= 4 is 25.8 Å². The zero-order valence-corrected chi connectivity index (χ0v) is 8.64.